The number of likely N-dealkylation sites (N-methyl/N-ethyl adjacent to an activating group) is 1. The molecule has 0 heterocycles. The minimum Gasteiger partial charge on any atom is -0.353 e. The fraction of sp³-hybridized carbons (Fsp3) is 0.923. The topological polar surface area (TPSA) is 32.3 Å². The molecule has 1 rings (SSSR count). The first kappa shape index (κ1) is 13.5. The Balaban J connectivity index is 2.26. The van der Waals surface area contributed by atoms with Crippen molar-refractivity contribution in [2.75, 3.05) is 13.6 Å². The van der Waals surface area contributed by atoms with Gasteiger partial charge in [0, 0.05) is 12.1 Å². The van der Waals surface area contributed by atoms with Gasteiger partial charge in [-0.15, -0.1) is 0 Å². The van der Waals surface area contributed by atoms with Crippen molar-refractivity contribution in [3.63, 3.8) is 0 Å². The highest BCUT2D eigenvalue weighted by Crippen LogP contribution is 2.21. The van der Waals surface area contributed by atoms with Crippen molar-refractivity contribution >= 4 is 5.91 Å². The van der Waals surface area contributed by atoms with Gasteiger partial charge in [0.25, 0.3) is 0 Å². The van der Waals surface area contributed by atoms with E-state index in [4.69, 9.17) is 0 Å². The van der Waals surface area contributed by atoms with Crippen molar-refractivity contribution < 1.29 is 4.79 Å². The molecule has 3 nitrogen and oxygen atoms in total. The van der Waals surface area contributed by atoms with Crippen molar-refractivity contribution in [1.82, 2.24) is 10.2 Å². The van der Waals surface area contributed by atoms with E-state index < -0.39 is 0 Å². The van der Waals surface area contributed by atoms with E-state index >= 15 is 0 Å². The maximum atomic E-state index is 11.7. The Morgan fingerprint density at radius 2 is 2.00 bits per heavy atom. The van der Waals surface area contributed by atoms with Gasteiger partial charge in [-0.1, -0.05) is 26.2 Å². The summed E-state index contributed by atoms with van der Waals surface area (Å²) in [5.74, 6) is 0.169. The molecule has 0 bridgehead atoms. The molecule has 0 spiro atoms. The van der Waals surface area contributed by atoms with Crippen LogP contribution in [0.5, 0.6) is 0 Å². The molecule has 0 aromatic heterocycles. The van der Waals surface area contributed by atoms with Crippen molar-refractivity contribution in [1.29, 1.82) is 0 Å². The third kappa shape index (κ3) is 4.52. The minimum absolute atomic E-state index is 0.169. The predicted octanol–water partition coefficient (Wildman–Crippen LogP) is 2.17. The van der Waals surface area contributed by atoms with Gasteiger partial charge in [0.1, 0.15) is 0 Å². The summed E-state index contributed by atoms with van der Waals surface area (Å²) in [6.07, 6.45) is 7.52. The van der Waals surface area contributed by atoms with Gasteiger partial charge in [-0.3, -0.25) is 9.69 Å². The van der Waals surface area contributed by atoms with Gasteiger partial charge in [-0.25, -0.2) is 0 Å². The SMILES string of the molecule is CCC(C)NC(=O)CN(C)C1CCCCC1. The second kappa shape index (κ2) is 6.89. The Bertz CT molecular complexity index is 212. The molecule has 1 aliphatic carbocycles. The van der Waals surface area contributed by atoms with Gasteiger partial charge in [0.2, 0.25) is 5.91 Å². The van der Waals surface area contributed by atoms with Gasteiger partial charge in [0.05, 0.1) is 6.54 Å². The van der Waals surface area contributed by atoms with Gasteiger partial charge in [-0.2, -0.15) is 0 Å². The van der Waals surface area contributed by atoms with Gasteiger partial charge < -0.3 is 5.32 Å². The van der Waals surface area contributed by atoms with Crippen LogP contribution in [0.15, 0.2) is 0 Å². The molecule has 1 atom stereocenters. The van der Waals surface area contributed by atoms with Crippen LogP contribution in [0.25, 0.3) is 0 Å². The molecule has 16 heavy (non-hydrogen) atoms. The number of amides is 1. The Morgan fingerprint density at radius 3 is 2.56 bits per heavy atom. The Labute approximate surface area is 99.6 Å². The number of nitrogens with zero attached hydrogens (tertiary/aromatic N) is 1. The maximum absolute atomic E-state index is 11.7. The van der Waals surface area contributed by atoms with E-state index in [1.165, 1.54) is 32.1 Å². The molecule has 1 amide bonds. The first-order valence-electron chi connectivity index (χ1n) is 6.63. The molecule has 1 unspecified atom stereocenters. The highest BCUT2D eigenvalue weighted by Gasteiger charge is 2.19. The highest BCUT2D eigenvalue weighted by molar-refractivity contribution is 5.78. The lowest BCUT2D eigenvalue weighted by Crippen LogP contribution is -2.43. The number of hydrogen-bond donors (Lipinski definition) is 1. The summed E-state index contributed by atoms with van der Waals surface area (Å²) in [5.41, 5.74) is 0. The monoisotopic (exact) mass is 226 g/mol. The summed E-state index contributed by atoms with van der Waals surface area (Å²) in [4.78, 5) is 13.9. The molecule has 0 aromatic rings. The number of carbonyl (C=O) groups excluding carboxylic acids is 1. The zero-order valence-electron chi connectivity index (χ0n) is 11.0. The summed E-state index contributed by atoms with van der Waals surface area (Å²) in [6, 6.07) is 0.920. The zero-order valence-corrected chi connectivity index (χ0v) is 11.0. The molecule has 94 valence electrons. The van der Waals surface area contributed by atoms with E-state index in [1.54, 1.807) is 0 Å². The van der Waals surface area contributed by atoms with Crippen LogP contribution < -0.4 is 5.32 Å². The summed E-state index contributed by atoms with van der Waals surface area (Å²) in [6.45, 7) is 4.70. The van der Waals surface area contributed by atoms with Gasteiger partial charge in [0.15, 0.2) is 0 Å². The fourth-order valence-corrected chi connectivity index (χ4v) is 2.30. The second-order valence-electron chi connectivity index (χ2n) is 5.08. The van der Waals surface area contributed by atoms with Crippen LogP contribution in [0, 0.1) is 0 Å². The lowest BCUT2D eigenvalue weighted by Gasteiger charge is -2.30. The summed E-state index contributed by atoms with van der Waals surface area (Å²) in [7, 11) is 2.08. The van der Waals surface area contributed by atoms with E-state index in [9.17, 15) is 4.79 Å². The van der Waals surface area contributed by atoms with Crippen LogP contribution in [0.4, 0.5) is 0 Å². The largest absolute Gasteiger partial charge is 0.353 e. The number of rotatable bonds is 5. The van der Waals surface area contributed by atoms with Crippen LogP contribution in [0.1, 0.15) is 52.4 Å². The summed E-state index contributed by atoms with van der Waals surface area (Å²) < 4.78 is 0. The normalized spacial score (nSPS) is 19.8. The van der Waals surface area contributed by atoms with Crippen LogP contribution in [0.3, 0.4) is 0 Å². The third-order valence-corrected chi connectivity index (χ3v) is 3.61. The second-order valence-corrected chi connectivity index (χ2v) is 5.08. The zero-order chi connectivity index (χ0) is 12.0. The Morgan fingerprint density at radius 1 is 1.38 bits per heavy atom. The standard InChI is InChI=1S/C13H26N2O/c1-4-11(2)14-13(16)10-15(3)12-8-6-5-7-9-12/h11-12H,4-10H2,1-3H3,(H,14,16). The third-order valence-electron chi connectivity index (χ3n) is 3.61. The number of nitrogens with one attached hydrogen (secondary N) is 1. The minimum atomic E-state index is 0.169. The maximum Gasteiger partial charge on any atom is 0.234 e. The Hall–Kier alpha value is -0.570. The summed E-state index contributed by atoms with van der Waals surface area (Å²) >= 11 is 0. The van der Waals surface area contributed by atoms with E-state index in [1.807, 2.05) is 0 Å². The van der Waals surface area contributed by atoms with Crippen molar-refractivity contribution in [2.24, 2.45) is 0 Å². The molecule has 3 heteroatoms. The van der Waals surface area contributed by atoms with Crippen molar-refractivity contribution in [3.8, 4) is 0 Å². The first-order chi connectivity index (χ1) is 7.63. The number of carbonyl (C=O) groups is 1. The van der Waals surface area contributed by atoms with Crippen LogP contribution >= 0.6 is 0 Å². The molecule has 0 radical (unpaired) electrons. The molecule has 1 N–H and O–H groups in total. The molecule has 0 saturated heterocycles. The van der Waals surface area contributed by atoms with E-state index in [-0.39, 0.29) is 5.91 Å². The lowest BCUT2D eigenvalue weighted by molar-refractivity contribution is -0.123. The van der Waals surface area contributed by atoms with Crippen molar-refractivity contribution in [3.05, 3.63) is 0 Å². The molecular formula is C13H26N2O. The van der Waals surface area contributed by atoms with Crippen LogP contribution in [-0.4, -0.2) is 36.5 Å². The molecule has 0 aliphatic heterocycles. The van der Waals surface area contributed by atoms with E-state index in [0.29, 0.717) is 18.6 Å². The highest BCUT2D eigenvalue weighted by atomic mass is 16.2. The van der Waals surface area contributed by atoms with Crippen molar-refractivity contribution in [2.45, 2.75) is 64.5 Å². The summed E-state index contributed by atoms with van der Waals surface area (Å²) in [5, 5.41) is 3.02. The van der Waals surface area contributed by atoms with Gasteiger partial charge in [-0.05, 0) is 33.2 Å². The lowest BCUT2D eigenvalue weighted by atomic mass is 9.94. The Kier molecular flexibility index (Phi) is 5.81. The van der Waals surface area contributed by atoms with E-state index in [0.717, 1.165) is 6.42 Å². The number of hydrogen-bond acceptors (Lipinski definition) is 2. The van der Waals surface area contributed by atoms with Crippen LogP contribution in [0.2, 0.25) is 0 Å². The molecule has 1 aliphatic rings. The quantitative estimate of drug-likeness (QED) is 0.779. The molecule has 0 aromatic carbocycles. The van der Waals surface area contributed by atoms with Crippen LogP contribution in [-0.2, 0) is 4.79 Å². The average Bonchev–Trinajstić information content (AvgIpc) is 2.29. The van der Waals surface area contributed by atoms with E-state index in [2.05, 4.69) is 31.1 Å². The smallest absolute Gasteiger partial charge is 0.234 e. The van der Waals surface area contributed by atoms with Gasteiger partial charge >= 0.3 is 0 Å². The molecule has 1 saturated carbocycles. The molecular weight excluding hydrogens is 200 g/mol. The first-order valence-corrected chi connectivity index (χ1v) is 6.63. The predicted molar refractivity (Wildman–Crippen MR) is 67.4 cm³/mol. The molecule has 1 fully saturated rings. The average molecular weight is 226 g/mol. The fourth-order valence-electron chi connectivity index (χ4n) is 2.30.